The van der Waals surface area contributed by atoms with Gasteiger partial charge in [-0.3, -0.25) is 4.79 Å². The summed E-state index contributed by atoms with van der Waals surface area (Å²) in [5.74, 6) is -0.545. The van der Waals surface area contributed by atoms with Crippen LogP contribution in [0.1, 0.15) is 17.3 Å². The lowest BCUT2D eigenvalue weighted by molar-refractivity contribution is 0.0746. The number of carbonyl (C=O) groups is 1. The highest BCUT2D eigenvalue weighted by Gasteiger charge is 2.24. The Kier molecular flexibility index (Phi) is 5.13. The van der Waals surface area contributed by atoms with Crippen molar-refractivity contribution < 1.29 is 18.3 Å². The summed E-state index contributed by atoms with van der Waals surface area (Å²) >= 11 is 1.26. The van der Waals surface area contributed by atoms with E-state index in [4.69, 9.17) is 4.74 Å². The molecule has 1 fully saturated rings. The number of hydrogen-bond acceptors (Lipinski definition) is 5. The van der Waals surface area contributed by atoms with Crippen LogP contribution in [0.4, 0.5) is 13.9 Å². The molecule has 2 aromatic carbocycles. The molecule has 0 radical (unpaired) electrons. The maximum absolute atomic E-state index is 13.9. The molecule has 28 heavy (non-hydrogen) atoms. The Morgan fingerprint density at radius 3 is 2.54 bits per heavy atom. The van der Waals surface area contributed by atoms with Gasteiger partial charge in [-0.25, -0.2) is 13.8 Å². The maximum atomic E-state index is 13.9. The summed E-state index contributed by atoms with van der Waals surface area (Å²) in [6.45, 7) is 4.75. The van der Waals surface area contributed by atoms with Crippen molar-refractivity contribution in [3.05, 3.63) is 53.6 Å². The van der Waals surface area contributed by atoms with Crippen molar-refractivity contribution in [1.82, 2.24) is 9.88 Å². The summed E-state index contributed by atoms with van der Waals surface area (Å²) in [6, 6.07) is 9.27. The maximum Gasteiger partial charge on any atom is 0.253 e. The summed E-state index contributed by atoms with van der Waals surface area (Å²) in [5, 5.41) is 0.646. The van der Waals surface area contributed by atoms with Gasteiger partial charge in [-0.05, 0) is 37.3 Å². The van der Waals surface area contributed by atoms with E-state index in [0.29, 0.717) is 48.2 Å². The van der Waals surface area contributed by atoms with Crippen LogP contribution in [0.5, 0.6) is 5.75 Å². The first-order chi connectivity index (χ1) is 13.5. The molecule has 2 heterocycles. The minimum Gasteiger partial charge on any atom is -0.494 e. The van der Waals surface area contributed by atoms with E-state index in [0.717, 1.165) is 11.8 Å². The van der Waals surface area contributed by atoms with Crippen molar-refractivity contribution in [2.75, 3.05) is 37.7 Å². The molecule has 8 heteroatoms. The van der Waals surface area contributed by atoms with Gasteiger partial charge in [-0.1, -0.05) is 11.3 Å². The molecule has 0 atom stereocenters. The van der Waals surface area contributed by atoms with E-state index in [2.05, 4.69) is 4.98 Å². The molecule has 1 aromatic heterocycles. The van der Waals surface area contributed by atoms with Gasteiger partial charge in [0.2, 0.25) is 0 Å². The van der Waals surface area contributed by atoms with Gasteiger partial charge in [0.05, 0.1) is 11.3 Å². The fourth-order valence-electron chi connectivity index (χ4n) is 3.22. The van der Waals surface area contributed by atoms with E-state index < -0.39 is 11.6 Å². The molecular formula is C20H19F2N3O2S. The minimum absolute atomic E-state index is 0.0277. The fraction of sp³-hybridized carbons (Fsp3) is 0.300. The van der Waals surface area contributed by atoms with E-state index >= 15 is 0 Å². The number of amides is 1. The van der Waals surface area contributed by atoms with E-state index in [-0.39, 0.29) is 11.4 Å². The van der Waals surface area contributed by atoms with Crippen LogP contribution in [0, 0.1) is 11.6 Å². The van der Waals surface area contributed by atoms with Crippen LogP contribution in [0.2, 0.25) is 0 Å². The van der Waals surface area contributed by atoms with Gasteiger partial charge in [0.25, 0.3) is 5.91 Å². The highest BCUT2D eigenvalue weighted by molar-refractivity contribution is 7.22. The van der Waals surface area contributed by atoms with Crippen molar-refractivity contribution in [2.45, 2.75) is 6.92 Å². The molecule has 1 saturated heterocycles. The topological polar surface area (TPSA) is 45.7 Å². The third-order valence-electron chi connectivity index (χ3n) is 4.65. The molecule has 5 nitrogen and oxygen atoms in total. The zero-order valence-corrected chi connectivity index (χ0v) is 16.1. The lowest BCUT2D eigenvalue weighted by Crippen LogP contribution is -2.48. The van der Waals surface area contributed by atoms with E-state index in [1.807, 2.05) is 11.8 Å². The van der Waals surface area contributed by atoms with Crippen molar-refractivity contribution >= 4 is 32.6 Å². The molecule has 0 saturated carbocycles. The molecule has 0 aliphatic carbocycles. The van der Waals surface area contributed by atoms with Crippen molar-refractivity contribution in [2.24, 2.45) is 0 Å². The van der Waals surface area contributed by atoms with Crippen molar-refractivity contribution in [3.63, 3.8) is 0 Å². The number of thiazole rings is 1. The minimum atomic E-state index is -0.651. The lowest BCUT2D eigenvalue weighted by atomic mass is 10.1. The van der Waals surface area contributed by atoms with Crippen molar-refractivity contribution in [1.29, 1.82) is 0 Å². The van der Waals surface area contributed by atoms with Crippen LogP contribution in [0.25, 0.3) is 10.2 Å². The number of halogens is 2. The Morgan fingerprint density at radius 1 is 1.14 bits per heavy atom. The molecule has 0 N–H and O–H groups in total. The number of anilines is 1. The average molecular weight is 403 g/mol. The first kappa shape index (κ1) is 18.6. The quantitative estimate of drug-likeness (QED) is 0.662. The molecule has 4 rings (SSSR count). The SMILES string of the molecule is CCOc1ccc(C(=O)N2CCN(c3nc4c(F)cc(F)cc4s3)CC2)cc1. The van der Waals surface area contributed by atoms with Gasteiger partial charge in [0, 0.05) is 37.8 Å². The zero-order valence-electron chi connectivity index (χ0n) is 15.3. The molecule has 0 bridgehead atoms. The molecule has 1 aliphatic rings. The number of carbonyl (C=O) groups excluding carboxylic acids is 1. The largest absolute Gasteiger partial charge is 0.494 e. The summed E-state index contributed by atoms with van der Waals surface area (Å²) in [4.78, 5) is 20.8. The normalized spacial score (nSPS) is 14.5. The second-order valence-electron chi connectivity index (χ2n) is 6.47. The summed E-state index contributed by atoms with van der Waals surface area (Å²) in [7, 11) is 0. The highest BCUT2D eigenvalue weighted by Crippen LogP contribution is 2.31. The third-order valence-corrected chi connectivity index (χ3v) is 5.71. The number of piperazine rings is 1. The third kappa shape index (κ3) is 3.64. The molecule has 1 aliphatic heterocycles. The van der Waals surface area contributed by atoms with Gasteiger partial charge in [0.15, 0.2) is 10.9 Å². The number of nitrogens with zero attached hydrogens (tertiary/aromatic N) is 3. The Bertz CT molecular complexity index is 999. The van der Waals surface area contributed by atoms with E-state index in [1.54, 1.807) is 29.2 Å². The predicted molar refractivity (Wildman–Crippen MR) is 105 cm³/mol. The molecule has 146 valence electrons. The number of aromatic nitrogens is 1. The number of rotatable bonds is 4. The highest BCUT2D eigenvalue weighted by atomic mass is 32.1. The standard InChI is InChI=1S/C20H19F2N3O2S/c1-2-27-15-5-3-13(4-6-15)19(26)24-7-9-25(10-8-24)20-23-18-16(22)11-14(21)12-17(18)28-20/h3-6,11-12H,2,7-10H2,1H3. The number of hydrogen-bond donors (Lipinski definition) is 0. The van der Waals surface area contributed by atoms with Crippen LogP contribution in [-0.4, -0.2) is 48.6 Å². The predicted octanol–water partition coefficient (Wildman–Crippen LogP) is 3.94. The second-order valence-corrected chi connectivity index (χ2v) is 7.48. The van der Waals surface area contributed by atoms with Crippen LogP contribution >= 0.6 is 11.3 Å². The average Bonchev–Trinajstić information content (AvgIpc) is 3.13. The molecule has 0 spiro atoms. The molecule has 3 aromatic rings. The van der Waals surface area contributed by atoms with Gasteiger partial charge in [0.1, 0.15) is 17.1 Å². The number of benzene rings is 2. The van der Waals surface area contributed by atoms with Gasteiger partial charge in [-0.2, -0.15) is 0 Å². The van der Waals surface area contributed by atoms with E-state index in [9.17, 15) is 13.6 Å². The number of fused-ring (bicyclic) bond motifs is 1. The van der Waals surface area contributed by atoms with Crippen LogP contribution < -0.4 is 9.64 Å². The fourth-order valence-corrected chi connectivity index (χ4v) is 4.28. The summed E-state index contributed by atoms with van der Waals surface area (Å²) in [6.07, 6.45) is 0. The smallest absolute Gasteiger partial charge is 0.253 e. The van der Waals surface area contributed by atoms with Crippen LogP contribution in [0.15, 0.2) is 36.4 Å². The van der Waals surface area contributed by atoms with Gasteiger partial charge < -0.3 is 14.5 Å². The molecule has 1 amide bonds. The van der Waals surface area contributed by atoms with Gasteiger partial charge in [-0.15, -0.1) is 0 Å². The zero-order chi connectivity index (χ0) is 19.7. The van der Waals surface area contributed by atoms with Crippen LogP contribution in [-0.2, 0) is 0 Å². The molecule has 0 unspecified atom stereocenters. The Balaban J connectivity index is 1.43. The number of ether oxygens (including phenoxy) is 1. The first-order valence-corrected chi connectivity index (χ1v) is 9.89. The Morgan fingerprint density at radius 2 is 1.86 bits per heavy atom. The summed E-state index contributed by atoms with van der Waals surface area (Å²) < 4.78 is 33.2. The summed E-state index contributed by atoms with van der Waals surface area (Å²) in [5.41, 5.74) is 0.809. The van der Waals surface area contributed by atoms with E-state index in [1.165, 1.54) is 17.4 Å². The Hall–Kier alpha value is -2.74. The van der Waals surface area contributed by atoms with Crippen molar-refractivity contribution in [3.8, 4) is 5.75 Å². The van der Waals surface area contributed by atoms with Crippen LogP contribution in [0.3, 0.4) is 0 Å². The second kappa shape index (κ2) is 7.71. The lowest BCUT2D eigenvalue weighted by Gasteiger charge is -2.34. The monoisotopic (exact) mass is 403 g/mol. The Labute approximate surface area is 165 Å². The van der Waals surface area contributed by atoms with Gasteiger partial charge >= 0.3 is 0 Å². The molecular weight excluding hydrogens is 384 g/mol. The first-order valence-electron chi connectivity index (χ1n) is 9.08.